The van der Waals surface area contributed by atoms with Crippen LogP contribution in [0, 0.1) is 10.5 Å². The molecule has 2 aromatic rings. The topological polar surface area (TPSA) is 92.4 Å². The van der Waals surface area contributed by atoms with Crippen LogP contribution >= 0.6 is 22.6 Å². The number of carbonyl (C=O) groups is 2. The van der Waals surface area contributed by atoms with Crippen molar-refractivity contribution in [3.05, 3.63) is 44.9 Å². The van der Waals surface area contributed by atoms with Crippen molar-refractivity contribution in [1.29, 1.82) is 0 Å². The number of aromatic nitrogens is 1. The molecule has 19 heavy (non-hydrogen) atoms. The van der Waals surface area contributed by atoms with Gasteiger partial charge in [-0.25, -0.2) is 4.79 Å². The van der Waals surface area contributed by atoms with Gasteiger partial charge in [0.2, 0.25) is 5.76 Å². The van der Waals surface area contributed by atoms with Gasteiger partial charge in [-0.3, -0.25) is 4.79 Å². The Labute approximate surface area is 121 Å². The summed E-state index contributed by atoms with van der Waals surface area (Å²) in [6, 6.07) is 6.19. The number of hydrogen-bond acceptors (Lipinski definition) is 4. The molecule has 1 aromatic heterocycles. The predicted octanol–water partition coefficient (Wildman–Crippen LogP) is 2.54. The van der Waals surface area contributed by atoms with Crippen LogP contribution in [0.25, 0.3) is 0 Å². The number of amides is 1. The summed E-state index contributed by atoms with van der Waals surface area (Å²) >= 11 is 2.00. The summed E-state index contributed by atoms with van der Waals surface area (Å²) in [7, 11) is 0. The van der Waals surface area contributed by atoms with Gasteiger partial charge in [-0.1, -0.05) is 5.16 Å². The van der Waals surface area contributed by atoms with Crippen LogP contribution in [0.4, 0.5) is 5.69 Å². The molecular formula is C12H9IN2O4. The molecule has 2 N–H and O–H groups in total. The van der Waals surface area contributed by atoms with E-state index in [9.17, 15) is 9.59 Å². The maximum absolute atomic E-state index is 11.8. The van der Waals surface area contributed by atoms with Crippen LogP contribution in [0.5, 0.6) is 0 Å². The van der Waals surface area contributed by atoms with Gasteiger partial charge in [-0.15, -0.1) is 0 Å². The van der Waals surface area contributed by atoms with E-state index in [1.807, 2.05) is 22.6 Å². The lowest BCUT2D eigenvalue weighted by Crippen LogP contribution is -2.14. The second-order valence-corrected chi connectivity index (χ2v) is 5.03. The molecular weight excluding hydrogens is 363 g/mol. The van der Waals surface area contributed by atoms with Gasteiger partial charge >= 0.3 is 5.97 Å². The van der Waals surface area contributed by atoms with Crippen molar-refractivity contribution < 1.29 is 19.2 Å². The van der Waals surface area contributed by atoms with E-state index in [0.29, 0.717) is 5.69 Å². The molecule has 1 heterocycles. The Hall–Kier alpha value is -1.90. The van der Waals surface area contributed by atoms with Crippen molar-refractivity contribution in [3.8, 4) is 0 Å². The lowest BCUT2D eigenvalue weighted by atomic mass is 10.2. The highest BCUT2D eigenvalue weighted by Gasteiger charge is 2.16. The van der Waals surface area contributed by atoms with Crippen molar-refractivity contribution >= 4 is 40.2 Å². The minimum Gasteiger partial charge on any atom is -0.478 e. The zero-order chi connectivity index (χ0) is 14.0. The fourth-order valence-corrected chi connectivity index (χ4v) is 1.95. The van der Waals surface area contributed by atoms with E-state index in [2.05, 4.69) is 10.5 Å². The first kappa shape index (κ1) is 13.5. The first-order valence-corrected chi connectivity index (χ1v) is 6.33. The third kappa shape index (κ3) is 3.11. The number of benzene rings is 1. The first-order valence-electron chi connectivity index (χ1n) is 5.25. The Morgan fingerprint density at radius 3 is 2.68 bits per heavy atom. The molecule has 0 spiro atoms. The number of aryl methyl sites for hydroxylation is 1. The van der Waals surface area contributed by atoms with Crippen LogP contribution in [0.3, 0.4) is 0 Å². The number of hydrogen-bond donors (Lipinski definition) is 2. The maximum Gasteiger partial charge on any atom is 0.337 e. The zero-order valence-electron chi connectivity index (χ0n) is 9.81. The minimum absolute atomic E-state index is 0.0245. The molecule has 2 rings (SSSR count). The maximum atomic E-state index is 11.8. The number of aromatic carboxylic acids is 1. The lowest BCUT2D eigenvalue weighted by Gasteiger charge is -2.07. The molecule has 7 heteroatoms. The van der Waals surface area contributed by atoms with Gasteiger partial charge in [0.15, 0.2) is 0 Å². The number of rotatable bonds is 3. The average Bonchev–Trinajstić information content (AvgIpc) is 2.78. The number of anilines is 1. The van der Waals surface area contributed by atoms with E-state index in [0.717, 1.165) is 3.57 Å². The molecule has 0 radical (unpaired) electrons. The van der Waals surface area contributed by atoms with Gasteiger partial charge in [0.25, 0.3) is 5.91 Å². The summed E-state index contributed by atoms with van der Waals surface area (Å²) in [5.41, 5.74) is 0.815. The Morgan fingerprint density at radius 1 is 1.37 bits per heavy atom. The van der Waals surface area contributed by atoms with Crippen molar-refractivity contribution in [2.24, 2.45) is 0 Å². The molecule has 6 nitrogen and oxygen atoms in total. The highest BCUT2D eigenvalue weighted by molar-refractivity contribution is 14.1. The van der Waals surface area contributed by atoms with Gasteiger partial charge in [0.05, 0.1) is 16.9 Å². The van der Waals surface area contributed by atoms with E-state index < -0.39 is 11.9 Å². The molecule has 1 aromatic carbocycles. The summed E-state index contributed by atoms with van der Waals surface area (Å²) < 4.78 is 5.58. The monoisotopic (exact) mass is 372 g/mol. The van der Waals surface area contributed by atoms with Gasteiger partial charge < -0.3 is 14.9 Å². The van der Waals surface area contributed by atoms with Gasteiger partial charge in [-0.2, -0.15) is 0 Å². The van der Waals surface area contributed by atoms with Gasteiger partial charge in [0.1, 0.15) is 0 Å². The Kier molecular flexibility index (Phi) is 3.84. The van der Waals surface area contributed by atoms with Crippen LogP contribution in [0.15, 0.2) is 28.8 Å². The van der Waals surface area contributed by atoms with Gasteiger partial charge in [0, 0.05) is 9.64 Å². The van der Waals surface area contributed by atoms with Crippen molar-refractivity contribution in [3.63, 3.8) is 0 Å². The van der Waals surface area contributed by atoms with Crippen molar-refractivity contribution in [2.45, 2.75) is 6.92 Å². The summed E-state index contributed by atoms with van der Waals surface area (Å²) in [5, 5.41) is 15.2. The van der Waals surface area contributed by atoms with Crippen LogP contribution in [-0.2, 0) is 0 Å². The van der Waals surface area contributed by atoms with Crippen LogP contribution < -0.4 is 5.32 Å². The normalized spacial score (nSPS) is 10.2. The molecule has 0 aliphatic carbocycles. The Morgan fingerprint density at radius 2 is 2.11 bits per heavy atom. The smallest absolute Gasteiger partial charge is 0.337 e. The number of carboxylic acids is 1. The molecule has 0 saturated carbocycles. The number of carbonyl (C=O) groups excluding carboxylic acids is 1. The third-order valence-electron chi connectivity index (χ3n) is 2.31. The number of carboxylic acid groups (broad SMARTS) is 1. The molecule has 0 saturated heterocycles. The van der Waals surface area contributed by atoms with E-state index in [4.69, 9.17) is 9.63 Å². The predicted molar refractivity (Wildman–Crippen MR) is 75.3 cm³/mol. The second kappa shape index (κ2) is 5.39. The van der Waals surface area contributed by atoms with E-state index >= 15 is 0 Å². The lowest BCUT2D eigenvalue weighted by molar-refractivity contribution is 0.0698. The fourth-order valence-electron chi connectivity index (χ4n) is 1.46. The standard InChI is InChI=1S/C12H9IN2O4/c1-6-4-10(19-15-6)11(16)14-9-3-2-7(13)5-8(9)12(17)18/h2-5H,1H3,(H,14,16)(H,17,18). The summed E-state index contributed by atoms with van der Waals surface area (Å²) in [6.45, 7) is 1.69. The zero-order valence-corrected chi connectivity index (χ0v) is 12.0. The van der Waals surface area contributed by atoms with Gasteiger partial charge in [-0.05, 0) is 47.7 Å². The van der Waals surface area contributed by atoms with Crippen molar-refractivity contribution in [2.75, 3.05) is 5.32 Å². The van der Waals surface area contributed by atoms with E-state index in [-0.39, 0.29) is 17.0 Å². The average molecular weight is 372 g/mol. The summed E-state index contributed by atoms with van der Waals surface area (Å²) in [6.07, 6.45) is 0. The summed E-state index contributed by atoms with van der Waals surface area (Å²) in [4.78, 5) is 23.0. The SMILES string of the molecule is Cc1cc(C(=O)Nc2ccc(I)cc2C(=O)O)on1. The third-order valence-corrected chi connectivity index (χ3v) is 2.98. The van der Waals surface area contributed by atoms with Crippen LogP contribution in [0.1, 0.15) is 26.6 Å². The Balaban J connectivity index is 2.28. The Bertz CT molecular complexity index is 651. The fraction of sp³-hybridized carbons (Fsp3) is 0.0833. The van der Waals surface area contributed by atoms with Crippen molar-refractivity contribution in [1.82, 2.24) is 5.16 Å². The molecule has 0 bridgehead atoms. The second-order valence-electron chi connectivity index (χ2n) is 3.78. The molecule has 0 unspecified atom stereocenters. The van der Waals surface area contributed by atoms with Crippen LogP contribution in [-0.4, -0.2) is 22.1 Å². The molecule has 98 valence electrons. The molecule has 0 aliphatic heterocycles. The first-order chi connectivity index (χ1) is 8.97. The van der Waals surface area contributed by atoms with E-state index in [1.54, 1.807) is 13.0 Å². The number of nitrogens with zero attached hydrogens (tertiary/aromatic N) is 1. The number of nitrogens with one attached hydrogen (secondary N) is 1. The summed E-state index contributed by atoms with van der Waals surface area (Å²) in [5.74, 6) is -1.61. The largest absolute Gasteiger partial charge is 0.478 e. The van der Waals surface area contributed by atoms with E-state index in [1.165, 1.54) is 18.2 Å². The molecule has 0 atom stereocenters. The van der Waals surface area contributed by atoms with Crippen LogP contribution in [0.2, 0.25) is 0 Å². The number of halogens is 1. The quantitative estimate of drug-likeness (QED) is 0.808. The molecule has 0 aliphatic rings. The molecule has 0 fully saturated rings. The highest BCUT2D eigenvalue weighted by Crippen LogP contribution is 2.20. The molecule has 1 amide bonds. The highest BCUT2D eigenvalue weighted by atomic mass is 127. The minimum atomic E-state index is -1.11.